The van der Waals surface area contributed by atoms with Crippen molar-refractivity contribution in [1.29, 1.82) is 0 Å². The van der Waals surface area contributed by atoms with E-state index in [1.54, 1.807) is 0 Å². The number of hydrogen-bond acceptors (Lipinski definition) is 3. The van der Waals surface area contributed by atoms with Gasteiger partial charge in [-0.2, -0.15) is 0 Å². The van der Waals surface area contributed by atoms with Crippen LogP contribution in [0.15, 0.2) is 5.38 Å². The first-order chi connectivity index (χ1) is 5.70. The monoisotopic (exact) mass is 203 g/mol. The second-order valence-corrected chi connectivity index (χ2v) is 3.37. The highest BCUT2D eigenvalue weighted by Crippen LogP contribution is 2.29. The van der Waals surface area contributed by atoms with Gasteiger partial charge < -0.3 is 4.74 Å². The van der Waals surface area contributed by atoms with E-state index >= 15 is 0 Å². The fourth-order valence-electron chi connectivity index (χ4n) is 0.782. The first kappa shape index (κ1) is 9.55. The standard InChI is InChI=1S/C8H8ClO2S/c1-3-5-4-12-7(6(5)9)8(10)11-2/h3-4H,1-2H3. The molecule has 0 saturated heterocycles. The van der Waals surface area contributed by atoms with E-state index in [0.717, 1.165) is 5.56 Å². The summed E-state index contributed by atoms with van der Waals surface area (Å²) in [5, 5.41) is 2.31. The van der Waals surface area contributed by atoms with E-state index in [1.165, 1.54) is 18.4 Å². The maximum absolute atomic E-state index is 11.1. The average Bonchev–Trinajstić information content (AvgIpc) is 2.45. The summed E-state index contributed by atoms with van der Waals surface area (Å²) in [6.07, 6.45) is 1.85. The van der Waals surface area contributed by atoms with Crippen LogP contribution in [0.4, 0.5) is 0 Å². The average molecular weight is 204 g/mol. The smallest absolute Gasteiger partial charge is 0.349 e. The maximum Gasteiger partial charge on any atom is 0.349 e. The number of esters is 1. The van der Waals surface area contributed by atoms with Crippen LogP contribution in [0.5, 0.6) is 0 Å². The molecule has 65 valence electrons. The van der Waals surface area contributed by atoms with Gasteiger partial charge in [-0.15, -0.1) is 11.3 Å². The molecule has 0 aliphatic rings. The molecule has 0 aromatic carbocycles. The molecule has 4 heteroatoms. The number of carbonyl (C=O) groups is 1. The van der Waals surface area contributed by atoms with Gasteiger partial charge in [0.2, 0.25) is 0 Å². The Morgan fingerprint density at radius 3 is 2.83 bits per heavy atom. The fourth-order valence-corrected chi connectivity index (χ4v) is 2.12. The summed E-state index contributed by atoms with van der Waals surface area (Å²) in [5.41, 5.74) is 0.877. The molecule has 12 heavy (non-hydrogen) atoms. The quantitative estimate of drug-likeness (QED) is 0.691. The van der Waals surface area contributed by atoms with Gasteiger partial charge in [-0.25, -0.2) is 4.79 Å². The van der Waals surface area contributed by atoms with E-state index in [4.69, 9.17) is 11.6 Å². The summed E-state index contributed by atoms with van der Waals surface area (Å²) in [5.74, 6) is -0.377. The lowest BCUT2D eigenvalue weighted by Crippen LogP contribution is -1.98. The first-order valence-electron chi connectivity index (χ1n) is 3.35. The van der Waals surface area contributed by atoms with Gasteiger partial charge in [-0.3, -0.25) is 0 Å². The maximum atomic E-state index is 11.1. The van der Waals surface area contributed by atoms with Gasteiger partial charge in [0.15, 0.2) is 0 Å². The first-order valence-corrected chi connectivity index (χ1v) is 4.61. The molecule has 0 saturated carbocycles. The number of ether oxygens (including phenoxy) is 1. The minimum atomic E-state index is -0.377. The number of thiophene rings is 1. The van der Waals surface area contributed by atoms with Crippen LogP contribution < -0.4 is 0 Å². The molecule has 1 radical (unpaired) electrons. The molecule has 0 fully saturated rings. The molecule has 0 bridgehead atoms. The predicted molar refractivity (Wildman–Crippen MR) is 49.7 cm³/mol. The summed E-state index contributed by atoms with van der Waals surface area (Å²) >= 11 is 7.17. The fraction of sp³-hybridized carbons (Fsp3) is 0.250. The van der Waals surface area contributed by atoms with E-state index in [-0.39, 0.29) is 5.97 Å². The Morgan fingerprint density at radius 1 is 1.75 bits per heavy atom. The number of methoxy groups -OCH3 is 1. The van der Waals surface area contributed by atoms with Gasteiger partial charge in [0.1, 0.15) is 4.88 Å². The van der Waals surface area contributed by atoms with Crippen molar-refractivity contribution in [2.45, 2.75) is 6.92 Å². The minimum Gasteiger partial charge on any atom is -0.465 e. The van der Waals surface area contributed by atoms with Crippen molar-refractivity contribution in [3.8, 4) is 0 Å². The summed E-state index contributed by atoms with van der Waals surface area (Å²) in [7, 11) is 1.34. The van der Waals surface area contributed by atoms with Crippen LogP contribution in [0.25, 0.3) is 0 Å². The van der Waals surface area contributed by atoms with Crippen molar-refractivity contribution in [2.24, 2.45) is 0 Å². The van der Waals surface area contributed by atoms with Crippen molar-refractivity contribution >= 4 is 28.9 Å². The Kier molecular flexibility index (Phi) is 3.12. The number of rotatable bonds is 2. The topological polar surface area (TPSA) is 26.3 Å². The van der Waals surface area contributed by atoms with Gasteiger partial charge in [-0.05, 0) is 17.4 Å². The summed E-state index contributed by atoms with van der Waals surface area (Å²) in [6, 6.07) is 0. The van der Waals surface area contributed by atoms with Crippen LogP contribution in [0.2, 0.25) is 5.02 Å². The third kappa shape index (κ3) is 1.62. The molecule has 0 aliphatic carbocycles. The molecule has 0 spiro atoms. The van der Waals surface area contributed by atoms with Gasteiger partial charge >= 0.3 is 5.97 Å². The van der Waals surface area contributed by atoms with E-state index in [9.17, 15) is 4.79 Å². The van der Waals surface area contributed by atoms with Crippen LogP contribution in [-0.2, 0) is 4.74 Å². The van der Waals surface area contributed by atoms with E-state index in [0.29, 0.717) is 9.90 Å². The summed E-state index contributed by atoms with van der Waals surface area (Å²) in [4.78, 5) is 11.5. The molecule has 1 heterocycles. The second-order valence-electron chi connectivity index (χ2n) is 2.11. The molecule has 1 aromatic heterocycles. The molecule has 0 unspecified atom stereocenters. The van der Waals surface area contributed by atoms with Crippen molar-refractivity contribution in [2.75, 3.05) is 7.11 Å². The van der Waals surface area contributed by atoms with Crippen molar-refractivity contribution in [3.05, 3.63) is 27.3 Å². The van der Waals surface area contributed by atoms with Crippen LogP contribution >= 0.6 is 22.9 Å². The normalized spacial score (nSPS) is 9.92. The molecule has 1 rings (SSSR count). The summed E-state index contributed by atoms with van der Waals surface area (Å²) in [6.45, 7) is 1.87. The number of halogens is 1. The lowest BCUT2D eigenvalue weighted by molar-refractivity contribution is 0.0606. The Hall–Kier alpha value is -0.540. The molecule has 0 N–H and O–H groups in total. The van der Waals surface area contributed by atoms with Gasteiger partial charge in [0, 0.05) is 0 Å². The third-order valence-corrected chi connectivity index (χ3v) is 2.94. The van der Waals surface area contributed by atoms with Crippen molar-refractivity contribution < 1.29 is 9.53 Å². The molecule has 1 aromatic rings. The van der Waals surface area contributed by atoms with E-state index < -0.39 is 0 Å². The van der Waals surface area contributed by atoms with Crippen molar-refractivity contribution in [1.82, 2.24) is 0 Å². The second kappa shape index (κ2) is 3.92. The zero-order chi connectivity index (χ0) is 9.14. The molecule has 0 aliphatic heterocycles. The SMILES string of the molecule is C[CH]c1csc(C(=O)OC)c1Cl. The minimum absolute atomic E-state index is 0.377. The highest BCUT2D eigenvalue weighted by atomic mass is 35.5. The van der Waals surface area contributed by atoms with Gasteiger partial charge in [-0.1, -0.05) is 18.5 Å². The predicted octanol–water partition coefficient (Wildman–Crippen LogP) is 2.76. The van der Waals surface area contributed by atoms with Crippen LogP contribution in [0.3, 0.4) is 0 Å². The van der Waals surface area contributed by atoms with Crippen LogP contribution in [0, 0.1) is 6.42 Å². The zero-order valence-electron chi connectivity index (χ0n) is 6.76. The number of hydrogen-bond donors (Lipinski definition) is 0. The van der Waals surface area contributed by atoms with Crippen LogP contribution in [0.1, 0.15) is 22.2 Å². The number of carbonyl (C=O) groups excluding carboxylic acids is 1. The Bertz CT molecular complexity index is 293. The molecule has 0 atom stereocenters. The molecular weight excluding hydrogens is 196 g/mol. The largest absolute Gasteiger partial charge is 0.465 e. The molecule has 0 amide bonds. The molecule has 2 nitrogen and oxygen atoms in total. The van der Waals surface area contributed by atoms with Gasteiger partial charge in [0.05, 0.1) is 12.1 Å². The zero-order valence-corrected chi connectivity index (χ0v) is 8.33. The van der Waals surface area contributed by atoms with Crippen molar-refractivity contribution in [3.63, 3.8) is 0 Å². The Morgan fingerprint density at radius 2 is 2.42 bits per heavy atom. The summed E-state index contributed by atoms with van der Waals surface area (Å²) < 4.78 is 4.55. The highest BCUT2D eigenvalue weighted by Gasteiger charge is 2.15. The van der Waals surface area contributed by atoms with E-state index in [1.807, 2.05) is 18.7 Å². The van der Waals surface area contributed by atoms with Crippen LogP contribution in [-0.4, -0.2) is 13.1 Å². The lowest BCUT2D eigenvalue weighted by atomic mass is 10.2. The highest BCUT2D eigenvalue weighted by molar-refractivity contribution is 7.12. The van der Waals surface area contributed by atoms with E-state index in [2.05, 4.69) is 4.74 Å². The van der Waals surface area contributed by atoms with Gasteiger partial charge in [0.25, 0.3) is 0 Å². The third-order valence-electron chi connectivity index (χ3n) is 1.44. The Balaban J connectivity index is 3.02. The molecular formula is C8H8ClO2S. The lowest BCUT2D eigenvalue weighted by Gasteiger charge is -1.95. The Labute approximate surface area is 80.1 Å².